The van der Waals surface area contributed by atoms with Gasteiger partial charge in [-0.3, -0.25) is 14.4 Å². The summed E-state index contributed by atoms with van der Waals surface area (Å²) in [4.78, 5) is 35.9. The van der Waals surface area contributed by atoms with E-state index in [0.29, 0.717) is 17.9 Å². The smallest absolute Gasteiger partial charge is 0.506 e. The van der Waals surface area contributed by atoms with Crippen LogP contribution in [-0.4, -0.2) is 43.5 Å². The third-order valence-electron chi connectivity index (χ3n) is 4.16. The molecule has 0 spiro atoms. The summed E-state index contributed by atoms with van der Waals surface area (Å²) in [5, 5.41) is 5.59. The molecular weight excluding hydrogens is 430 g/mol. The third kappa shape index (κ3) is 7.82. The quantitative estimate of drug-likeness (QED) is 0.608. The first-order valence-electron chi connectivity index (χ1n) is 9.93. The van der Waals surface area contributed by atoms with Gasteiger partial charge in [-0.1, -0.05) is 57.8 Å². The van der Waals surface area contributed by atoms with Gasteiger partial charge < -0.3 is 19.9 Å². The van der Waals surface area contributed by atoms with Crippen LogP contribution >= 0.6 is 23.2 Å². The molecule has 1 heterocycles. The average Bonchev–Trinajstić information content (AvgIpc) is 3.02. The maximum Gasteiger partial charge on any atom is 0.548 e. The number of nitrogens with one attached hydrogen (secondary N) is 2. The second kappa shape index (κ2) is 12.2. The minimum absolute atomic E-state index is 0.000114. The van der Waals surface area contributed by atoms with Crippen LogP contribution in [0.15, 0.2) is 18.2 Å². The van der Waals surface area contributed by atoms with E-state index < -0.39 is 30.5 Å². The van der Waals surface area contributed by atoms with Crippen LogP contribution in [0, 0.1) is 5.92 Å². The van der Waals surface area contributed by atoms with Crippen LogP contribution in [0.4, 0.5) is 0 Å². The molecule has 0 aliphatic carbocycles. The highest BCUT2D eigenvalue weighted by Crippen LogP contribution is 2.29. The fraction of sp³-hybridized carbons (Fsp3) is 0.550. The monoisotopic (exact) mass is 458 g/mol. The maximum atomic E-state index is 12.1. The van der Waals surface area contributed by atoms with E-state index in [-0.39, 0.29) is 23.6 Å². The summed E-state index contributed by atoms with van der Waals surface area (Å²) in [5.74, 6) is -0.570. The van der Waals surface area contributed by atoms with Gasteiger partial charge in [0.25, 0.3) is 5.91 Å². The highest BCUT2D eigenvalue weighted by Gasteiger charge is 2.50. The van der Waals surface area contributed by atoms with Gasteiger partial charge in [-0.15, -0.1) is 0 Å². The molecule has 7 nitrogen and oxygen atoms in total. The fourth-order valence-electron chi connectivity index (χ4n) is 2.53. The van der Waals surface area contributed by atoms with E-state index in [1.54, 1.807) is 6.07 Å². The summed E-state index contributed by atoms with van der Waals surface area (Å²) < 4.78 is 10.8. The van der Waals surface area contributed by atoms with Gasteiger partial charge in [-0.25, -0.2) is 0 Å². The van der Waals surface area contributed by atoms with Crippen molar-refractivity contribution in [2.24, 2.45) is 5.92 Å². The van der Waals surface area contributed by atoms with Crippen LogP contribution in [0.25, 0.3) is 0 Å². The second-order valence-electron chi connectivity index (χ2n) is 7.50. The molecule has 2 amide bonds. The molecule has 0 saturated carbocycles. The van der Waals surface area contributed by atoms with Crippen molar-refractivity contribution < 1.29 is 23.7 Å². The Morgan fingerprint density at radius 2 is 1.73 bits per heavy atom. The normalized spacial score (nSPS) is 14.7. The predicted molar refractivity (Wildman–Crippen MR) is 119 cm³/mol. The molecule has 1 fully saturated rings. The summed E-state index contributed by atoms with van der Waals surface area (Å²) in [5.41, 5.74) is -0.775. The fourth-order valence-corrected chi connectivity index (χ4v) is 2.90. The van der Waals surface area contributed by atoms with Gasteiger partial charge in [0.1, 0.15) is 0 Å². The molecule has 1 aromatic carbocycles. The predicted octanol–water partition coefficient (Wildman–Crippen LogP) is 3.66. The molecule has 10 heteroatoms. The van der Waals surface area contributed by atoms with E-state index >= 15 is 0 Å². The van der Waals surface area contributed by atoms with Gasteiger partial charge in [0, 0.05) is 5.02 Å². The highest BCUT2D eigenvalue weighted by molar-refractivity contribution is 6.50. The van der Waals surface area contributed by atoms with Crippen LogP contribution < -0.4 is 10.6 Å². The van der Waals surface area contributed by atoms with Gasteiger partial charge in [-0.05, 0) is 37.0 Å². The van der Waals surface area contributed by atoms with E-state index in [2.05, 4.69) is 31.4 Å². The highest BCUT2D eigenvalue weighted by atomic mass is 35.5. The number of hydrogen-bond acceptors (Lipinski definition) is 5. The number of benzene rings is 1. The Labute approximate surface area is 188 Å². The zero-order chi connectivity index (χ0) is 22.9. The lowest BCUT2D eigenvalue weighted by molar-refractivity contribution is -0.143. The average molecular weight is 459 g/mol. The summed E-state index contributed by atoms with van der Waals surface area (Å²) in [7, 11) is -0.843. The Hall–Kier alpha value is -1.77. The topological polar surface area (TPSA) is 93.7 Å². The van der Waals surface area contributed by atoms with Gasteiger partial charge in [0.15, 0.2) is 5.60 Å². The molecule has 0 unspecified atom stereocenters. The van der Waals surface area contributed by atoms with Crippen LogP contribution in [0.1, 0.15) is 57.8 Å². The van der Waals surface area contributed by atoms with Crippen LogP contribution in [0.2, 0.25) is 10.0 Å². The summed E-state index contributed by atoms with van der Waals surface area (Å²) in [6, 6.07) is 4.47. The number of carbonyl (C=O) groups is 3. The summed E-state index contributed by atoms with van der Waals surface area (Å²) >= 11 is 11.8. The van der Waals surface area contributed by atoms with Crippen molar-refractivity contribution in [2.75, 3.05) is 13.0 Å². The number of halogens is 2. The molecule has 166 valence electrons. The van der Waals surface area contributed by atoms with Crippen LogP contribution in [0.3, 0.4) is 0 Å². The molecule has 0 aromatic heterocycles. The molecule has 1 aliphatic rings. The van der Waals surface area contributed by atoms with Gasteiger partial charge in [0.05, 0.1) is 23.6 Å². The Morgan fingerprint density at radius 3 is 2.27 bits per heavy atom. The molecule has 30 heavy (non-hydrogen) atoms. The van der Waals surface area contributed by atoms with E-state index in [9.17, 15) is 14.4 Å². The van der Waals surface area contributed by atoms with Crippen molar-refractivity contribution in [3.63, 3.8) is 0 Å². The van der Waals surface area contributed by atoms with Crippen molar-refractivity contribution in [3.05, 3.63) is 33.8 Å². The third-order valence-corrected chi connectivity index (χ3v) is 4.72. The first-order chi connectivity index (χ1) is 14.0. The Balaban J connectivity index is 0.00000103. The Morgan fingerprint density at radius 1 is 1.13 bits per heavy atom. The summed E-state index contributed by atoms with van der Waals surface area (Å²) in [6.07, 6.45) is 0.979. The van der Waals surface area contributed by atoms with E-state index in [1.807, 2.05) is 13.8 Å². The molecule has 1 aliphatic heterocycles. The standard InChI is InChI=1S/C16H19BCl2N2O5.C4H10/c1-3-16(4-2)15(24)25-17(26-16)9-21-13(22)8-20-14(23)11-7-10(18)5-6-12(11)19;1-4(2)3/h5-7H,3-4,8-9H2,1-2H3,(H,20,23)(H,21,22);4H,1-3H3. The second-order valence-corrected chi connectivity index (χ2v) is 8.34. The van der Waals surface area contributed by atoms with Gasteiger partial charge in [0.2, 0.25) is 5.91 Å². The Bertz CT molecular complexity index is 754. The largest absolute Gasteiger partial charge is 0.548 e. The molecule has 0 bridgehead atoms. The maximum absolute atomic E-state index is 12.1. The SMILES string of the molecule is CC(C)C.CCC1(CC)OB(CNC(=O)CNC(=O)c2cc(Cl)ccc2Cl)OC1=O. The molecule has 0 atom stereocenters. The molecule has 2 N–H and O–H groups in total. The minimum Gasteiger partial charge on any atom is -0.506 e. The Kier molecular flexibility index (Phi) is 10.7. The number of rotatable bonds is 7. The lowest BCUT2D eigenvalue weighted by Crippen LogP contribution is -2.43. The van der Waals surface area contributed by atoms with Crippen LogP contribution in [-0.2, 0) is 18.9 Å². The number of carbonyl (C=O) groups excluding carboxylic acids is 3. The lowest BCUT2D eigenvalue weighted by Gasteiger charge is -2.21. The van der Waals surface area contributed by atoms with Crippen molar-refractivity contribution >= 4 is 48.1 Å². The lowest BCUT2D eigenvalue weighted by atomic mass is 9.89. The zero-order valence-corrected chi connectivity index (χ0v) is 19.5. The van der Waals surface area contributed by atoms with Gasteiger partial charge in [-0.2, -0.15) is 0 Å². The molecule has 2 rings (SSSR count). The zero-order valence-electron chi connectivity index (χ0n) is 18.0. The molecular formula is C20H29BCl2N2O5. The first-order valence-corrected chi connectivity index (χ1v) is 10.7. The minimum atomic E-state index is -0.951. The van der Waals surface area contributed by atoms with E-state index in [1.165, 1.54) is 12.1 Å². The van der Waals surface area contributed by atoms with E-state index in [0.717, 1.165) is 5.92 Å². The number of hydrogen-bond donors (Lipinski definition) is 2. The van der Waals surface area contributed by atoms with Gasteiger partial charge >= 0.3 is 13.1 Å². The van der Waals surface area contributed by atoms with Crippen molar-refractivity contribution in [3.8, 4) is 0 Å². The van der Waals surface area contributed by atoms with Crippen molar-refractivity contribution in [2.45, 2.75) is 53.1 Å². The van der Waals surface area contributed by atoms with Crippen molar-refractivity contribution in [1.82, 2.24) is 10.6 Å². The van der Waals surface area contributed by atoms with E-state index in [4.69, 9.17) is 32.5 Å². The molecule has 1 saturated heterocycles. The van der Waals surface area contributed by atoms with Crippen molar-refractivity contribution in [1.29, 1.82) is 0 Å². The molecule has 1 aromatic rings. The summed E-state index contributed by atoms with van der Waals surface area (Å²) in [6.45, 7) is 9.90. The van der Waals surface area contributed by atoms with Crippen LogP contribution in [0.5, 0.6) is 0 Å². The number of amides is 2. The molecule has 0 radical (unpaired) electrons. The first kappa shape index (κ1) is 26.3.